The number of hydrogen-bond acceptors (Lipinski definition) is 2. The van der Waals surface area contributed by atoms with Crippen LogP contribution >= 0.6 is 0 Å². The van der Waals surface area contributed by atoms with E-state index in [0.717, 1.165) is 27.4 Å². The third-order valence-corrected chi connectivity index (χ3v) is 5.87. The van der Waals surface area contributed by atoms with Crippen LogP contribution in [0.1, 0.15) is 24.3 Å². The standard InChI is InChI=1S/C25H21F2N3O/c1-16-15-29(23-6-4-3-5-21(16)23)24(27)25(2,31)18-7-12-22-17(13-18)14-28-30(22)20-10-8-19(26)9-11-20/h3-15,24,31H,1-2H3. The molecule has 5 rings (SSSR count). The van der Waals surface area contributed by atoms with E-state index in [9.17, 15) is 9.50 Å². The summed E-state index contributed by atoms with van der Waals surface area (Å²) in [6.45, 7) is 3.41. The van der Waals surface area contributed by atoms with Gasteiger partial charge in [-0.25, -0.2) is 13.5 Å². The lowest BCUT2D eigenvalue weighted by atomic mass is 9.93. The van der Waals surface area contributed by atoms with E-state index in [-0.39, 0.29) is 5.82 Å². The molecule has 0 bridgehead atoms. The Labute approximate surface area is 178 Å². The van der Waals surface area contributed by atoms with Gasteiger partial charge in [0.1, 0.15) is 11.4 Å². The lowest BCUT2D eigenvalue weighted by Crippen LogP contribution is -2.31. The summed E-state index contributed by atoms with van der Waals surface area (Å²) in [6, 6.07) is 18.8. The predicted octanol–water partition coefficient (Wildman–Crippen LogP) is 5.80. The number of aryl methyl sites for hydroxylation is 1. The number of rotatable bonds is 4. The van der Waals surface area contributed by atoms with Crippen molar-refractivity contribution < 1.29 is 13.9 Å². The molecule has 2 heterocycles. The summed E-state index contributed by atoms with van der Waals surface area (Å²) in [5, 5.41) is 17.3. The van der Waals surface area contributed by atoms with Gasteiger partial charge < -0.3 is 9.67 Å². The van der Waals surface area contributed by atoms with Crippen LogP contribution in [0, 0.1) is 12.7 Å². The summed E-state index contributed by atoms with van der Waals surface area (Å²) >= 11 is 0. The molecular weight excluding hydrogens is 396 g/mol. The highest BCUT2D eigenvalue weighted by Crippen LogP contribution is 2.38. The number of alkyl halides is 1. The van der Waals surface area contributed by atoms with Crippen molar-refractivity contribution in [1.29, 1.82) is 0 Å². The molecule has 2 unspecified atom stereocenters. The highest BCUT2D eigenvalue weighted by molar-refractivity contribution is 5.84. The molecule has 0 saturated carbocycles. The Morgan fingerprint density at radius 1 is 1.00 bits per heavy atom. The van der Waals surface area contributed by atoms with E-state index in [0.29, 0.717) is 11.3 Å². The van der Waals surface area contributed by atoms with Crippen LogP contribution in [-0.2, 0) is 5.60 Å². The van der Waals surface area contributed by atoms with Crippen molar-refractivity contribution in [3.63, 3.8) is 0 Å². The Morgan fingerprint density at radius 2 is 1.74 bits per heavy atom. The summed E-state index contributed by atoms with van der Waals surface area (Å²) in [4.78, 5) is 0. The van der Waals surface area contributed by atoms with Gasteiger partial charge in [0.05, 0.1) is 22.9 Å². The van der Waals surface area contributed by atoms with Crippen molar-refractivity contribution in [2.75, 3.05) is 0 Å². The first kappa shape index (κ1) is 19.5. The van der Waals surface area contributed by atoms with Crippen LogP contribution in [0.5, 0.6) is 0 Å². The predicted molar refractivity (Wildman–Crippen MR) is 117 cm³/mol. The van der Waals surface area contributed by atoms with Gasteiger partial charge in [-0.3, -0.25) is 0 Å². The molecule has 0 aliphatic rings. The van der Waals surface area contributed by atoms with Crippen LogP contribution in [0.2, 0.25) is 0 Å². The molecule has 2 aromatic heterocycles. The van der Waals surface area contributed by atoms with E-state index in [1.165, 1.54) is 23.6 Å². The Balaban J connectivity index is 1.55. The molecule has 0 fully saturated rings. The molecule has 0 aliphatic heterocycles. The van der Waals surface area contributed by atoms with Gasteiger partial charge in [-0.05, 0) is 67.4 Å². The molecule has 0 saturated heterocycles. The minimum atomic E-state index is -1.76. The monoisotopic (exact) mass is 417 g/mol. The van der Waals surface area contributed by atoms with Gasteiger partial charge in [0.2, 0.25) is 6.30 Å². The fraction of sp³-hybridized carbons (Fsp3) is 0.160. The molecule has 0 radical (unpaired) electrons. The van der Waals surface area contributed by atoms with Crippen molar-refractivity contribution in [2.45, 2.75) is 25.7 Å². The van der Waals surface area contributed by atoms with Crippen LogP contribution in [0.15, 0.2) is 79.1 Å². The van der Waals surface area contributed by atoms with Gasteiger partial charge in [0, 0.05) is 17.0 Å². The molecule has 156 valence electrons. The maximum absolute atomic E-state index is 15.7. The third-order valence-electron chi connectivity index (χ3n) is 5.87. The minimum Gasteiger partial charge on any atom is -0.380 e. The molecule has 1 N–H and O–H groups in total. The quantitative estimate of drug-likeness (QED) is 0.401. The van der Waals surface area contributed by atoms with Crippen LogP contribution in [-0.4, -0.2) is 19.5 Å². The van der Waals surface area contributed by atoms with Gasteiger partial charge in [-0.15, -0.1) is 0 Å². The smallest absolute Gasteiger partial charge is 0.209 e. The number of para-hydroxylation sites is 1. The summed E-state index contributed by atoms with van der Waals surface area (Å²) in [7, 11) is 0. The number of fused-ring (bicyclic) bond motifs is 2. The lowest BCUT2D eigenvalue weighted by molar-refractivity contribution is -0.0585. The summed E-state index contributed by atoms with van der Waals surface area (Å²) in [5.74, 6) is -0.319. The average Bonchev–Trinajstić information content (AvgIpc) is 3.35. The zero-order chi connectivity index (χ0) is 21.8. The van der Waals surface area contributed by atoms with Gasteiger partial charge in [0.15, 0.2) is 0 Å². The average molecular weight is 417 g/mol. The molecule has 0 amide bonds. The normalized spacial score (nSPS) is 14.7. The van der Waals surface area contributed by atoms with Gasteiger partial charge in [-0.1, -0.05) is 24.3 Å². The number of halogens is 2. The lowest BCUT2D eigenvalue weighted by Gasteiger charge is -2.29. The number of nitrogens with zero attached hydrogens (tertiary/aromatic N) is 3. The van der Waals surface area contributed by atoms with Crippen LogP contribution in [0.3, 0.4) is 0 Å². The Morgan fingerprint density at radius 3 is 2.52 bits per heavy atom. The van der Waals surface area contributed by atoms with Gasteiger partial charge in [0.25, 0.3) is 0 Å². The number of hydrogen-bond donors (Lipinski definition) is 1. The third kappa shape index (κ3) is 3.11. The summed E-state index contributed by atoms with van der Waals surface area (Å²) in [6.07, 6.45) is 1.70. The first-order valence-electron chi connectivity index (χ1n) is 10.0. The second kappa shape index (κ2) is 7.03. The number of aliphatic hydroxyl groups is 1. The summed E-state index contributed by atoms with van der Waals surface area (Å²) in [5.41, 5.74) is 1.86. The molecular formula is C25H21F2N3O. The maximum atomic E-state index is 15.7. The van der Waals surface area contributed by atoms with Crippen LogP contribution in [0.4, 0.5) is 8.78 Å². The van der Waals surface area contributed by atoms with Gasteiger partial charge in [-0.2, -0.15) is 5.10 Å². The fourth-order valence-corrected chi connectivity index (χ4v) is 4.11. The second-order valence-electron chi connectivity index (χ2n) is 8.03. The highest BCUT2D eigenvalue weighted by Gasteiger charge is 2.36. The zero-order valence-corrected chi connectivity index (χ0v) is 17.1. The summed E-state index contributed by atoms with van der Waals surface area (Å²) < 4.78 is 32.1. The molecule has 2 atom stereocenters. The van der Waals surface area contributed by atoms with E-state index >= 15 is 4.39 Å². The van der Waals surface area contributed by atoms with Crippen molar-refractivity contribution in [3.8, 4) is 5.69 Å². The van der Waals surface area contributed by atoms with E-state index < -0.39 is 11.9 Å². The van der Waals surface area contributed by atoms with E-state index in [4.69, 9.17) is 0 Å². The Hall–Kier alpha value is -3.51. The molecule has 31 heavy (non-hydrogen) atoms. The zero-order valence-electron chi connectivity index (χ0n) is 17.1. The first-order chi connectivity index (χ1) is 14.9. The van der Waals surface area contributed by atoms with Crippen molar-refractivity contribution in [2.24, 2.45) is 0 Å². The number of aromatic nitrogens is 3. The molecule has 0 aliphatic carbocycles. The second-order valence-corrected chi connectivity index (χ2v) is 8.03. The molecule has 0 spiro atoms. The minimum absolute atomic E-state index is 0.319. The Kier molecular flexibility index (Phi) is 4.41. The van der Waals surface area contributed by atoms with E-state index in [1.54, 1.807) is 47.4 Å². The van der Waals surface area contributed by atoms with Crippen molar-refractivity contribution in [3.05, 3.63) is 96.1 Å². The van der Waals surface area contributed by atoms with Crippen molar-refractivity contribution >= 4 is 21.8 Å². The molecule has 6 heteroatoms. The molecule has 5 aromatic rings. The molecule has 3 aromatic carbocycles. The number of benzene rings is 3. The van der Waals surface area contributed by atoms with Crippen LogP contribution in [0.25, 0.3) is 27.5 Å². The van der Waals surface area contributed by atoms with E-state index in [1.807, 2.05) is 31.2 Å². The first-order valence-corrected chi connectivity index (χ1v) is 10.0. The molecule has 4 nitrogen and oxygen atoms in total. The Bertz CT molecular complexity index is 1400. The fourth-order valence-electron chi connectivity index (χ4n) is 4.11. The largest absolute Gasteiger partial charge is 0.380 e. The highest BCUT2D eigenvalue weighted by atomic mass is 19.1. The topological polar surface area (TPSA) is 43.0 Å². The van der Waals surface area contributed by atoms with E-state index in [2.05, 4.69) is 5.10 Å². The SMILES string of the molecule is Cc1cn(C(F)C(C)(O)c2ccc3c(cnn3-c3ccc(F)cc3)c2)c2ccccc12. The maximum Gasteiger partial charge on any atom is 0.209 e. The van der Waals surface area contributed by atoms with Gasteiger partial charge >= 0.3 is 0 Å². The van der Waals surface area contributed by atoms with Crippen molar-refractivity contribution in [1.82, 2.24) is 14.3 Å². The van der Waals surface area contributed by atoms with Crippen LogP contribution < -0.4 is 0 Å².